The van der Waals surface area contributed by atoms with Crippen LogP contribution in [0.15, 0.2) is 43.0 Å². The van der Waals surface area contributed by atoms with Crippen molar-refractivity contribution in [1.29, 1.82) is 0 Å². The number of carbonyl (C=O) groups excluding carboxylic acids is 3. The summed E-state index contributed by atoms with van der Waals surface area (Å²) in [6.07, 6.45) is 3.54. The van der Waals surface area contributed by atoms with Crippen molar-refractivity contribution in [2.45, 2.75) is 37.4 Å². The molecule has 0 aliphatic heterocycles. The summed E-state index contributed by atoms with van der Waals surface area (Å²) < 4.78 is 0. The first-order chi connectivity index (χ1) is 17.7. The van der Waals surface area contributed by atoms with Crippen molar-refractivity contribution in [2.75, 3.05) is 6.54 Å². The molecule has 3 aromatic rings. The zero-order valence-electron chi connectivity index (χ0n) is 19.6. The fourth-order valence-corrected chi connectivity index (χ4v) is 3.73. The maximum atomic E-state index is 13.3. The van der Waals surface area contributed by atoms with Crippen LogP contribution >= 0.6 is 0 Å². The van der Waals surface area contributed by atoms with Crippen molar-refractivity contribution in [3.05, 3.63) is 54.2 Å². The average molecular weight is 514 g/mol. The molecule has 14 nitrogen and oxygen atoms in total. The molecule has 0 fully saturated rings. The quantitative estimate of drug-likeness (QED) is 0.135. The Kier molecular flexibility index (Phi) is 8.94. The third-order valence-corrected chi connectivity index (χ3v) is 5.54. The number of aromatic nitrogens is 3. The van der Waals surface area contributed by atoms with Crippen molar-refractivity contribution in [2.24, 2.45) is 5.73 Å². The van der Waals surface area contributed by atoms with Gasteiger partial charge in [-0.05, 0) is 11.6 Å². The number of aromatic amines is 2. The zero-order valence-corrected chi connectivity index (χ0v) is 19.6. The maximum absolute atomic E-state index is 13.3. The summed E-state index contributed by atoms with van der Waals surface area (Å²) in [5.74, 6) is -5.18. The van der Waals surface area contributed by atoms with Crippen LogP contribution in [0.3, 0.4) is 0 Å². The fourth-order valence-electron chi connectivity index (χ4n) is 3.73. The van der Waals surface area contributed by atoms with E-state index in [1.807, 2.05) is 18.2 Å². The summed E-state index contributed by atoms with van der Waals surface area (Å²) in [6, 6.07) is 3.09. The average Bonchev–Trinajstić information content (AvgIpc) is 3.52. The lowest BCUT2D eigenvalue weighted by Gasteiger charge is -2.24. The van der Waals surface area contributed by atoms with Gasteiger partial charge in [-0.25, -0.2) is 9.78 Å². The Morgan fingerprint density at radius 3 is 2.27 bits per heavy atom. The largest absolute Gasteiger partial charge is 0.481 e. The molecule has 9 N–H and O–H groups in total. The van der Waals surface area contributed by atoms with Crippen LogP contribution in [-0.2, 0) is 36.8 Å². The van der Waals surface area contributed by atoms with Crippen molar-refractivity contribution in [1.82, 2.24) is 30.9 Å². The number of fused-ring (bicyclic) bond motifs is 1. The molecule has 2 aromatic heterocycles. The van der Waals surface area contributed by atoms with Gasteiger partial charge in [-0.3, -0.25) is 19.2 Å². The van der Waals surface area contributed by atoms with Crippen LogP contribution < -0.4 is 21.7 Å². The molecule has 0 aliphatic carbocycles. The second kappa shape index (κ2) is 12.3. The molecular weight excluding hydrogens is 486 g/mol. The van der Waals surface area contributed by atoms with Gasteiger partial charge < -0.3 is 41.9 Å². The van der Waals surface area contributed by atoms with E-state index in [0.717, 1.165) is 10.9 Å². The monoisotopic (exact) mass is 513 g/mol. The van der Waals surface area contributed by atoms with E-state index in [4.69, 9.17) is 5.73 Å². The lowest BCUT2D eigenvalue weighted by molar-refractivity contribution is -0.143. The molecule has 0 aliphatic rings. The Morgan fingerprint density at radius 2 is 1.62 bits per heavy atom. The van der Waals surface area contributed by atoms with Gasteiger partial charge in [0.25, 0.3) is 0 Å². The van der Waals surface area contributed by atoms with Gasteiger partial charge in [0.1, 0.15) is 18.1 Å². The van der Waals surface area contributed by atoms with Gasteiger partial charge in [-0.2, -0.15) is 0 Å². The molecule has 3 amide bonds. The highest BCUT2D eigenvalue weighted by Gasteiger charge is 2.31. The van der Waals surface area contributed by atoms with Crippen LogP contribution in [0.1, 0.15) is 17.7 Å². The van der Waals surface area contributed by atoms with E-state index in [-0.39, 0.29) is 12.8 Å². The summed E-state index contributed by atoms with van der Waals surface area (Å²) in [7, 11) is 0. The van der Waals surface area contributed by atoms with Gasteiger partial charge >= 0.3 is 11.9 Å². The maximum Gasteiger partial charge on any atom is 0.326 e. The number of amides is 3. The number of H-pyrrole nitrogens is 2. The normalized spacial score (nSPS) is 13.3. The predicted octanol–water partition coefficient (Wildman–Crippen LogP) is -1.35. The Bertz CT molecular complexity index is 1270. The number of carboxylic acid groups (broad SMARTS) is 2. The second-order valence-corrected chi connectivity index (χ2v) is 8.23. The number of carbonyl (C=O) groups is 5. The van der Waals surface area contributed by atoms with E-state index in [2.05, 4.69) is 30.9 Å². The molecular formula is C23H27N7O7. The van der Waals surface area contributed by atoms with E-state index >= 15 is 0 Å². The zero-order chi connectivity index (χ0) is 26.9. The standard InChI is InChI=1S/C23H27N7O7/c24-8-19(31)28-17(7-20(32)33)22(35)29-16(5-12-9-26-15-4-2-1-3-14(12)15)21(34)30-18(23(36)37)6-13-10-25-11-27-13/h1-4,9-11,16-18,26H,5-8,24H2,(H,25,27)(H,28,31)(H,29,35)(H,30,34)(H,32,33)(H,36,37). The highest BCUT2D eigenvalue weighted by atomic mass is 16.4. The Labute approximate surface area is 210 Å². The van der Waals surface area contributed by atoms with Gasteiger partial charge in [0.15, 0.2) is 0 Å². The first-order valence-corrected chi connectivity index (χ1v) is 11.2. The van der Waals surface area contributed by atoms with Gasteiger partial charge in [0.2, 0.25) is 17.7 Å². The number of nitrogens with two attached hydrogens (primary N) is 1. The third-order valence-electron chi connectivity index (χ3n) is 5.54. The van der Waals surface area contributed by atoms with Crippen LogP contribution in [0.2, 0.25) is 0 Å². The molecule has 3 unspecified atom stereocenters. The third kappa shape index (κ3) is 7.38. The predicted molar refractivity (Wildman–Crippen MR) is 129 cm³/mol. The number of nitrogens with zero attached hydrogens (tertiary/aromatic N) is 1. The number of hydrogen-bond acceptors (Lipinski definition) is 7. The number of benzene rings is 1. The minimum Gasteiger partial charge on any atom is -0.481 e. The Morgan fingerprint density at radius 1 is 0.919 bits per heavy atom. The number of carboxylic acids is 2. The molecule has 37 heavy (non-hydrogen) atoms. The summed E-state index contributed by atoms with van der Waals surface area (Å²) in [6.45, 7) is -0.476. The lowest BCUT2D eigenvalue weighted by Crippen LogP contribution is -2.57. The minimum atomic E-state index is -1.51. The molecule has 0 saturated carbocycles. The second-order valence-electron chi connectivity index (χ2n) is 8.23. The van der Waals surface area contributed by atoms with Crippen LogP contribution in [0.5, 0.6) is 0 Å². The van der Waals surface area contributed by atoms with Crippen molar-refractivity contribution in [3.63, 3.8) is 0 Å². The first kappa shape index (κ1) is 26.9. The number of nitrogens with one attached hydrogen (secondary N) is 5. The highest BCUT2D eigenvalue weighted by molar-refractivity contribution is 5.95. The van der Waals surface area contributed by atoms with Crippen molar-refractivity contribution < 1.29 is 34.2 Å². The van der Waals surface area contributed by atoms with Gasteiger partial charge in [-0.15, -0.1) is 0 Å². The first-order valence-electron chi connectivity index (χ1n) is 11.2. The molecule has 0 radical (unpaired) electrons. The number of rotatable bonds is 13. The molecule has 3 rings (SSSR count). The van der Waals surface area contributed by atoms with E-state index in [0.29, 0.717) is 11.3 Å². The molecule has 196 valence electrons. The molecule has 3 atom stereocenters. The molecule has 14 heteroatoms. The van der Waals surface area contributed by atoms with E-state index in [1.165, 1.54) is 12.5 Å². The Hall–Kier alpha value is -4.72. The number of imidazole rings is 1. The smallest absolute Gasteiger partial charge is 0.326 e. The number of para-hydroxylation sites is 1. The van der Waals surface area contributed by atoms with E-state index < -0.39 is 60.8 Å². The molecule has 0 bridgehead atoms. The molecule has 2 heterocycles. The van der Waals surface area contributed by atoms with Crippen LogP contribution in [0.4, 0.5) is 0 Å². The Balaban J connectivity index is 1.86. The highest BCUT2D eigenvalue weighted by Crippen LogP contribution is 2.19. The van der Waals surface area contributed by atoms with Crippen molar-refractivity contribution >= 4 is 40.6 Å². The summed E-state index contributed by atoms with van der Waals surface area (Å²) in [5.41, 5.74) is 7.16. The van der Waals surface area contributed by atoms with Gasteiger partial charge in [0, 0.05) is 41.8 Å². The van der Waals surface area contributed by atoms with E-state index in [1.54, 1.807) is 12.3 Å². The van der Waals surface area contributed by atoms with Crippen LogP contribution in [0, 0.1) is 0 Å². The minimum absolute atomic E-state index is 0.0530. The molecule has 0 saturated heterocycles. The summed E-state index contributed by atoms with van der Waals surface area (Å²) in [4.78, 5) is 70.7. The molecule has 0 spiro atoms. The van der Waals surface area contributed by atoms with E-state index in [9.17, 15) is 34.2 Å². The van der Waals surface area contributed by atoms with Gasteiger partial charge in [0.05, 0.1) is 19.3 Å². The molecule has 1 aromatic carbocycles. The van der Waals surface area contributed by atoms with Crippen molar-refractivity contribution in [3.8, 4) is 0 Å². The van der Waals surface area contributed by atoms with Crippen LogP contribution in [0.25, 0.3) is 10.9 Å². The lowest BCUT2D eigenvalue weighted by atomic mass is 10.0. The topological polar surface area (TPSA) is 232 Å². The SMILES string of the molecule is NCC(=O)NC(CC(=O)O)C(=O)NC(Cc1c[nH]c2ccccc12)C(=O)NC(Cc1cnc[nH]1)C(=O)O. The fraction of sp³-hybridized carbons (Fsp3) is 0.304. The summed E-state index contributed by atoms with van der Waals surface area (Å²) >= 11 is 0. The number of aliphatic carboxylic acids is 2. The summed E-state index contributed by atoms with van der Waals surface area (Å²) in [5, 5.41) is 26.7. The van der Waals surface area contributed by atoms with Crippen LogP contribution in [-0.4, -0.2) is 79.5 Å². The number of hydrogen-bond donors (Lipinski definition) is 8. The van der Waals surface area contributed by atoms with Gasteiger partial charge in [-0.1, -0.05) is 18.2 Å².